The molecular formula is C11H23NO. The first-order chi connectivity index (χ1) is 6.15. The Hall–Kier alpha value is -0.0800. The molecule has 2 nitrogen and oxygen atoms in total. The highest BCUT2D eigenvalue weighted by molar-refractivity contribution is 4.74. The predicted molar refractivity (Wildman–Crippen MR) is 55.4 cm³/mol. The zero-order valence-electron chi connectivity index (χ0n) is 9.16. The minimum atomic E-state index is -0.224. The van der Waals surface area contributed by atoms with Crippen LogP contribution in [0.5, 0.6) is 0 Å². The Morgan fingerprint density at radius 2 is 1.85 bits per heavy atom. The highest BCUT2D eigenvalue weighted by atomic mass is 16.3. The standard InChI is InChI=1S/C11H23NO/c1-4-10-5-7-12(8-6-10)11(13)9(2)3/h9-11,13H,4-8H2,1-3H3. The summed E-state index contributed by atoms with van der Waals surface area (Å²) in [6.45, 7) is 8.59. The number of aliphatic hydroxyl groups is 1. The number of likely N-dealkylation sites (tertiary alicyclic amines) is 1. The number of hydrogen-bond donors (Lipinski definition) is 1. The fourth-order valence-electron chi connectivity index (χ4n) is 2.05. The summed E-state index contributed by atoms with van der Waals surface area (Å²) in [6.07, 6.45) is 3.60. The third-order valence-corrected chi connectivity index (χ3v) is 3.20. The van der Waals surface area contributed by atoms with Gasteiger partial charge in [-0.3, -0.25) is 4.90 Å². The van der Waals surface area contributed by atoms with E-state index in [0.717, 1.165) is 19.0 Å². The molecule has 1 atom stereocenters. The SMILES string of the molecule is CCC1CCN(C(O)C(C)C)CC1. The molecule has 13 heavy (non-hydrogen) atoms. The first-order valence-corrected chi connectivity index (χ1v) is 5.57. The van der Waals surface area contributed by atoms with E-state index in [4.69, 9.17) is 0 Å². The molecule has 0 spiro atoms. The maximum atomic E-state index is 9.84. The molecule has 0 saturated carbocycles. The van der Waals surface area contributed by atoms with Crippen molar-refractivity contribution in [3.63, 3.8) is 0 Å². The van der Waals surface area contributed by atoms with Crippen molar-refractivity contribution in [3.8, 4) is 0 Å². The van der Waals surface area contributed by atoms with Gasteiger partial charge in [-0.1, -0.05) is 27.2 Å². The third-order valence-electron chi connectivity index (χ3n) is 3.20. The van der Waals surface area contributed by atoms with Crippen LogP contribution in [0.2, 0.25) is 0 Å². The molecule has 0 amide bonds. The highest BCUT2D eigenvalue weighted by Gasteiger charge is 2.24. The molecule has 0 bridgehead atoms. The summed E-state index contributed by atoms with van der Waals surface area (Å²) >= 11 is 0. The minimum Gasteiger partial charge on any atom is -0.378 e. The summed E-state index contributed by atoms with van der Waals surface area (Å²) in [5.74, 6) is 1.26. The second kappa shape index (κ2) is 4.97. The van der Waals surface area contributed by atoms with Crippen LogP contribution in [0.4, 0.5) is 0 Å². The van der Waals surface area contributed by atoms with Crippen LogP contribution in [-0.2, 0) is 0 Å². The van der Waals surface area contributed by atoms with Crippen LogP contribution >= 0.6 is 0 Å². The van der Waals surface area contributed by atoms with Crippen LogP contribution in [0.15, 0.2) is 0 Å². The predicted octanol–water partition coefficient (Wildman–Crippen LogP) is 2.08. The van der Waals surface area contributed by atoms with E-state index in [9.17, 15) is 5.11 Å². The van der Waals surface area contributed by atoms with Gasteiger partial charge < -0.3 is 5.11 Å². The zero-order valence-corrected chi connectivity index (χ0v) is 9.16. The van der Waals surface area contributed by atoms with E-state index in [1.165, 1.54) is 19.3 Å². The largest absolute Gasteiger partial charge is 0.378 e. The average Bonchev–Trinajstić information content (AvgIpc) is 2.17. The van der Waals surface area contributed by atoms with Gasteiger partial charge in [-0.2, -0.15) is 0 Å². The summed E-state index contributed by atoms with van der Waals surface area (Å²) in [6, 6.07) is 0. The van der Waals surface area contributed by atoms with Gasteiger partial charge >= 0.3 is 0 Å². The van der Waals surface area contributed by atoms with Gasteiger partial charge in [-0.15, -0.1) is 0 Å². The fourth-order valence-corrected chi connectivity index (χ4v) is 2.05. The van der Waals surface area contributed by atoms with Gasteiger partial charge in [0.15, 0.2) is 0 Å². The zero-order chi connectivity index (χ0) is 9.84. The molecule has 78 valence electrons. The van der Waals surface area contributed by atoms with Crippen LogP contribution in [-0.4, -0.2) is 29.3 Å². The number of nitrogens with zero attached hydrogens (tertiary/aromatic N) is 1. The van der Waals surface area contributed by atoms with Crippen LogP contribution in [0.3, 0.4) is 0 Å². The number of aliphatic hydroxyl groups excluding tert-OH is 1. The molecule has 1 fully saturated rings. The van der Waals surface area contributed by atoms with Crippen molar-refractivity contribution < 1.29 is 5.11 Å². The van der Waals surface area contributed by atoms with Gasteiger partial charge in [0.25, 0.3) is 0 Å². The van der Waals surface area contributed by atoms with Gasteiger partial charge in [-0.05, 0) is 24.7 Å². The van der Waals surface area contributed by atoms with Gasteiger partial charge in [0, 0.05) is 13.1 Å². The van der Waals surface area contributed by atoms with E-state index in [1.54, 1.807) is 0 Å². The lowest BCUT2D eigenvalue weighted by atomic mass is 9.93. The van der Waals surface area contributed by atoms with Crippen molar-refractivity contribution in [1.29, 1.82) is 0 Å². The number of piperidine rings is 1. The van der Waals surface area contributed by atoms with E-state index < -0.39 is 0 Å². The van der Waals surface area contributed by atoms with Crippen molar-refractivity contribution in [3.05, 3.63) is 0 Å². The van der Waals surface area contributed by atoms with Gasteiger partial charge in [0.1, 0.15) is 6.23 Å². The van der Waals surface area contributed by atoms with Gasteiger partial charge in [0.05, 0.1) is 0 Å². The van der Waals surface area contributed by atoms with Crippen molar-refractivity contribution in [1.82, 2.24) is 4.90 Å². The first kappa shape index (κ1) is 11.0. The Labute approximate surface area is 81.9 Å². The lowest BCUT2D eigenvalue weighted by Crippen LogP contribution is -2.43. The van der Waals surface area contributed by atoms with Crippen LogP contribution in [0, 0.1) is 11.8 Å². The van der Waals surface area contributed by atoms with Crippen LogP contribution in [0.1, 0.15) is 40.0 Å². The van der Waals surface area contributed by atoms with Crippen molar-refractivity contribution >= 4 is 0 Å². The van der Waals surface area contributed by atoms with Crippen molar-refractivity contribution in [2.45, 2.75) is 46.3 Å². The summed E-state index contributed by atoms with van der Waals surface area (Å²) in [4.78, 5) is 2.22. The topological polar surface area (TPSA) is 23.5 Å². The molecule has 1 N–H and O–H groups in total. The molecule has 0 radical (unpaired) electrons. The quantitative estimate of drug-likeness (QED) is 0.727. The molecular weight excluding hydrogens is 162 g/mol. The summed E-state index contributed by atoms with van der Waals surface area (Å²) in [5.41, 5.74) is 0. The monoisotopic (exact) mass is 185 g/mol. The van der Waals surface area contributed by atoms with Crippen LogP contribution in [0.25, 0.3) is 0 Å². The molecule has 0 aromatic heterocycles. The lowest BCUT2D eigenvalue weighted by Gasteiger charge is -2.36. The van der Waals surface area contributed by atoms with Gasteiger partial charge in [-0.25, -0.2) is 0 Å². The summed E-state index contributed by atoms with van der Waals surface area (Å²) in [5, 5.41) is 9.84. The van der Waals surface area contributed by atoms with E-state index >= 15 is 0 Å². The first-order valence-electron chi connectivity index (χ1n) is 5.57. The molecule has 2 heteroatoms. The van der Waals surface area contributed by atoms with Gasteiger partial charge in [0.2, 0.25) is 0 Å². The fraction of sp³-hybridized carbons (Fsp3) is 1.00. The van der Waals surface area contributed by atoms with Crippen LogP contribution < -0.4 is 0 Å². The van der Waals surface area contributed by atoms with E-state index in [1.807, 2.05) is 0 Å². The van der Waals surface area contributed by atoms with Crippen molar-refractivity contribution in [2.24, 2.45) is 11.8 Å². The maximum absolute atomic E-state index is 9.84. The minimum absolute atomic E-state index is 0.224. The molecule has 1 aliphatic rings. The van der Waals surface area contributed by atoms with E-state index in [2.05, 4.69) is 25.7 Å². The normalized spacial score (nSPS) is 23.8. The molecule has 1 heterocycles. The van der Waals surface area contributed by atoms with E-state index in [-0.39, 0.29) is 6.23 Å². The lowest BCUT2D eigenvalue weighted by molar-refractivity contribution is -0.0464. The Morgan fingerprint density at radius 3 is 2.23 bits per heavy atom. The number of hydrogen-bond acceptors (Lipinski definition) is 2. The molecule has 0 aromatic carbocycles. The Bertz CT molecular complexity index is 139. The molecule has 0 aliphatic carbocycles. The second-order valence-corrected chi connectivity index (χ2v) is 4.55. The highest BCUT2D eigenvalue weighted by Crippen LogP contribution is 2.22. The summed E-state index contributed by atoms with van der Waals surface area (Å²) < 4.78 is 0. The molecule has 1 unspecified atom stereocenters. The van der Waals surface area contributed by atoms with Crippen molar-refractivity contribution in [2.75, 3.05) is 13.1 Å². The Kier molecular flexibility index (Phi) is 4.20. The molecule has 1 saturated heterocycles. The maximum Gasteiger partial charge on any atom is 0.109 e. The van der Waals surface area contributed by atoms with E-state index in [0.29, 0.717) is 5.92 Å². The molecule has 1 rings (SSSR count). The number of rotatable bonds is 3. The average molecular weight is 185 g/mol. The summed E-state index contributed by atoms with van der Waals surface area (Å²) in [7, 11) is 0. The molecule has 1 aliphatic heterocycles. The third kappa shape index (κ3) is 2.96. The Balaban J connectivity index is 2.32. The smallest absolute Gasteiger partial charge is 0.109 e. The second-order valence-electron chi connectivity index (χ2n) is 4.55. The molecule has 0 aromatic rings. The Morgan fingerprint density at radius 1 is 1.31 bits per heavy atom.